The monoisotopic (exact) mass is 235 g/mol. The van der Waals surface area contributed by atoms with E-state index in [2.05, 4.69) is 0 Å². The molecule has 4 nitrogen and oxygen atoms in total. The highest BCUT2D eigenvalue weighted by molar-refractivity contribution is 6.04. The third kappa shape index (κ3) is 2.84. The Hall–Kier alpha value is -1.84. The van der Waals surface area contributed by atoms with Gasteiger partial charge in [0.15, 0.2) is 0 Å². The Morgan fingerprint density at radius 1 is 1.12 bits per heavy atom. The molecule has 0 aliphatic rings. The van der Waals surface area contributed by atoms with Crippen LogP contribution in [0.2, 0.25) is 0 Å². The first-order chi connectivity index (χ1) is 7.75. The highest BCUT2D eigenvalue weighted by Gasteiger charge is 2.26. The second kappa shape index (κ2) is 4.57. The number of hydrogen-bond donors (Lipinski definition) is 1. The number of carboxylic acids is 1. The normalized spacial score (nSPS) is 11.1. The maximum absolute atomic E-state index is 12.2. The molecular weight excluding hydrogens is 218 g/mol. The van der Waals surface area contributed by atoms with Crippen LogP contribution >= 0.6 is 0 Å². The first-order valence-corrected chi connectivity index (χ1v) is 5.35. The molecule has 0 spiro atoms. The summed E-state index contributed by atoms with van der Waals surface area (Å²) in [4.78, 5) is 24.7. The second-order valence-corrected chi connectivity index (χ2v) is 4.89. The smallest absolute Gasteiger partial charge is 0.336 e. The van der Waals surface area contributed by atoms with Gasteiger partial charge < -0.3 is 10.0 Å². The Morgan fingerprint density at radius 3 is 2.00 bits per heavy atom. The van der Waals surface area contributed by atoms with Crippen LogP contribution in [0.15, 0.2) is 24.3 Å². The van der Waals surface area contributed by atoms with Crippen molar-refractivity contribution in [1.29, 1.82) is 0 Å². The molecule has 0 radical (unpaired) electrons. The molecule has 1 rings (SSSR count). The maximum Gasteiger partial charge on any atom is 0.336 e. The van der Waals surface area contributed by atoms with Crippen LogP contribution in [0, 0.1) is 0 Å². The van der Waals surface area contributed by atoms with Gasteiger partial charge in [0.1, 0.15) is 0 Å². The molecule has 0 saturated heterocycles. The van der Waals surface area contributed by atoms with Crippen LogP contribution in [0.1, 0.15) is 41.5 Å². The number of carbonyl (C=O) groups excluding carboxylic acids is 1. The molecule has 0 heterocycles. The predicted octanol–water partition coefficient (Wildman–Crippen LogP) is 2.26. The zero-order valence-electron chi connectivity index (χ0n) is 10.5. The van der Waals surface area contributed by atoms with Crippen molar-refractivity contribution >= 4 is 11.9 Å². The van der Waals surface area contributed by atoms with E-state index >= 15 is 0 Å². The number of benzene rings is 1. The summed E-state index contributed by atoms with van der Waals surface area (Å²) in [6.45, 7) is 5.69. The fraction of sp³-hybridized carbons (Fsp3) is 0.385. The zero-order valence-corrected chi connectivity index (χ0v) is 10.5. The summed E-state index contributed by atoms with van der Waals surface area (Å²) < 4.78 is 0. The number of amides is 1. The molecule has 0 aliphatic heterocycles. The van der Waals surface area contributed by atoms with Gasteiger partial charge in [0.25, 0.3) is 5.91 Å². The maximum atomic E-state index is 12.2. The summed E-state index contributed by atoms with van der Waals surface area (Å²) in [5, 5.41) is 9.03. The molecule has 17 heavy (non-hydrogen) atoms. The average Bonchev–Trinajstić information content (AvgIpc) is 2.25. The van der Waals surface area contributed by atoms with Gasteiger partial charge in [-0.05, 0) is 32.9 Å². The van der Waals surface area contributed by atoms with Crippen LogP contribution in [0.25, 0.3) is 0 Å². The van der Waals surface area contributed by atoms with E-state index in [0.29, 0.717) is 0 Å². The van der Waals surface area contributed by atoms with Crippen molar-refractivity contribution in [2.75, 3.05) is 7.05 Å². The van der Waals surface area contributed by atoms with Crippen LogP contribution in [-0.4, -0.2) is 34.5 Å². The second-order valence-electron chi connectivity index (χ2n) is 4.89. The van der Waals surface area contributed by atoms with Gasteiger partial charge in [-0.25, -0.2) is 4.79 Å². The summed E-state index contributed by atoms with van der Waals surface area (Å²) >= 11 is 0. The van der Waals surface area contributed by atoms with E-state index < -0.39 is 5.97 Å². The predicted molar refractivity (Wildman–Crippen MR) is 65.2 cm³/mol. The van der Waals surface area contributed by atoms with E-state index in [1.807, 2.05) is 20.8 Å². The van der Waals surface area contributed by atoms with Crippen LogP contribution in [0.4, 0.5) is 0 Å². The van der Waals surface area contributed by atoms with Crippen LogP contribution in [0.5, 0.6) is 0 Å². The van der Waals surface area contributed by atoms with Crippen molar-refractivity contribution < 1.29 is 14.7 Å². The van der Waals surface area contributed by atoms with Crippen molar-refractivity contribution in [1.82, 2.24) is 4.90 Å². The number of rotatable bonds is 2. The molecule has 0 atom stereocenters. The highest BCUT2D eigenvalue weighted by Crippen LogP contribution is 2.17. The number of carboxylic acid groups (broad SMARTS) is 1. The lowest BCUT2D eigenvalue weighted by Gasteiger charge is -2.32. The molecule has 92 valence electrons. The van der Waals surface area contributed by atoms with Gasteiger partial charge in [0.2, 0.25) is 0 Å². The topological polar surface area (TPSA) is 57.6 Å². The third-order valence-electron chi connectivity index (χ3n) is 2.70. The summed E-state index contributed by atoms with van der Waals surface area (Å²) in [7, 11) is 1.67. The SMILES string of the molecule is CN(C(=O)c1ccccc1C(=O)O)C(C)(C)C. The molecule has 1 N–H and O–H groups in total. The Balaban J connectivity index is 3.17. The van der Waals surface area contributed by atoms with E-state index in [4.69, 9.17) is 5.11 Å². The lowest BCUT2D eigenvalue weighted by molar-refractivity contribution is 0.0628. The molecule has 4 heteroatoms. The standard InChI is InChI=1S/C13H17NO3/c1-13(2,3)14(4)11(15)9-7-5-6-8-10(9)12(16)17/h5-8H,1-4H3,(H,16,17). The summed E-state index contributed by atoms with van der Waals surface area (Å²) in [6.07, 6.45) is 0. The number of nitrogens with zero attached hydrogens (tertiary/aromatic N) is 1. The molecule has 0 aliphatic carbocycles. The molecule has 1 amide bonds. The zero-order chi connectivity index (χ0) is 13.2. The lowest BCUT2D eigenvalue weighted by atomic mass is 10.0. The molecular formula is C13H17NO3. The molecule has 0 aromatic heterocycles. The van der Waals surface area contributed by atoms with Gasteiger partial charge in [-0.1, -0.05) is 12.1 Å². The number of carbonyl (C=O) groups is 2. The van der Waals surface area contributed by atoms with Crippen molar-refractivity contribution in [3.05, 3.63) is 35.4 Å². The van der Waals surface area contributed by atoms with Crippen LogP contribution < -0.4 is 0 Å². The molecule has 0 bridgehead atoms. The Bertz CT molecular complexity index is 446. The van der Waals surface area contributed by atoms with Gasteiger partial charge in [0.05, 0.1) is 11.1 Å². The molecule has 0 unspecified atom stereocenters. The molecule has 1 aromatic carbocycles. The van der Waals surface area contributed by atoms with E-state index in [1.54, 1.807) is 19.2 Å². The van der Waals surface area contributed by atoms with Crippen molar-refractivity contribution in [3.8, 4) is 0 Å². The summed E-state index contributed by atoms with van der Waals surface area (Å²) in [6, 6.07) is 6.24. The average molecular weight is 235 g/mol. The van der Waals surface area contributed by atoms with Crippen molar-refractivity contribution in [2.45, 2.75) is 26.3 Å². The fourth-order valence-corrected chi connectivity index (χ4v) is 1.34. The highest BCUT2D eigenvalue weighted by atomic mass is 16.4. The van der Waals surface area contributed by atoms with E-state index in [-0.39, 0.29) is 22.6 Å². The van der Waals surface area contributed by atoms with Gasteiger partial charge in [-0.15, -0.1) is 0 Å². The summed E-state index contributed by atoms with van der Waals surface area (Å²) in [5.41, 5.74) is -0.0890. The van der Waals surface area contributed by atoms with Gasteiger partial charge >= 0.3 is 5.97 Å². The molecule has 1 aromatic rings. The minimum absolute atomic E-state index is 0.0357. The fourth-order valence-electron chi connectivity index (χ4n) is 1.34. The van der Waals surface area contributed by atoms with Gasteiger partial charge in [-0.3, -0.25) is 4.79 Å². The van der Waals surface area contributed by atoms with Crippen LogP contribution in [-0.2, 0) is 0 Å². The van der Waals surface area contributed by atoms with Crippen LogP contribution in [0.3, 0.4) is 0 Å². The molecule has 0 saturated carbocycles. The first-order valence-electron chi connectivity index (χ1n) is 5.35. The number of aromatic carboxylic acids is 1. The minimum atomic E-state index is -1.09. The quantitative estimate of drug-likeness (QED) is 0.855. The Kier molecular flexibility index (Phi) is 3.56. The van der Waals surface area contributed by atoms with Gasteiger partial charge in [0, 0.05) is 12.6 Å². The summed E-state index contributed by atoms with van der Waals surface area (Å²) in [5.74, 6) is -1.37. The Morgan fingerprint density at radius 2 is 1.59 bits per heavy atom. The van der Waals surface area contributed by atoms with Crippen molar-refractivity contribution in [3.63, 3.8) is 0 Å². The molecule has 0 fully saturated rings. The minimum Gasteiger partial charge on any atom is -0.478 e. The largest absolute Gasteiger partial charge is 0.478 e. The third-order valence-corrected chi connectivity index (χ3v) is 2.70. The van der Waals surface area contributed by atoms with E-state index in [0.717, 1.165) is 0 Å². The van der Waals surface area contributed by atoms with Gasteiger partial charge in [-0.2, -0.15) is 0 Å². The lowest BCUT2D eigenvalue weighted by Crippen LogP contribution is -2.43. The first kappa shape index (κ1) is 13.2. The van der Waals surface area contributed by atoms with Crippen molar-refractivity contribution in [2.24, 2.45) is 0 Å². The van der Waals surface area contributed by atoms with E-state index in [9.17, 15) is 9.59 Å². The van der Waals surface area contributed by atoms with E-state index in [1.165, 1.54) is 17.0 Å². The number of hydrogen-bond acceptors (Lipinski definition) is 2. The Labute approximate surface area is 101 Å².